The molecule has 0 aliphatic carbocycles. The maximum absolute atomic E-state index is 12.4. The minimum Gasteiger partial charge on any atom is -0.327 e. The first-order valence-corrected chi connectivity index (χ1v) is 6.57. The summed E-state index contributed by atoms with van der Waals surface area (Å²) in [6.45, 7) is 0. The lowest BCUT2D eigenvalue weighted by molar-refractivity contribution is 0.474. The number of rotatable bonds is 0. The van der Waals surface area contributed by atoms with Gasteiger partial charge >= 0.3 is 0 Å². The van der Waals surface area contributed by atoms with Crippen LogP contribution in [-0.2, 0) is 0 Å². The molecule has 0 amide bonds. The number of hydrogen-bond acceptors (Lipinski definition) is 2. The van der Waals surface area contributed by atoms with Gasteiger partial charge < -0.3 is 4.98 Å². The van der Waals surface area contributed by atoms with E-state index < -0.39 is 23.1 Å². The summed E-state index contributed by atoms with van der Waals surface area (Å²) in [7, 11) is 0. The molecule has 0 bridgehead atoms. The molecular weight excluding hydrogens is 475 g/mol. The molecule has 96 valence electrons. The van der Waals surface area contributed by atoms with Crippen LogP contribution in [0.3, 0.4) is 0 Å². The Morgan fingerprint density at radius 2 is 1.67 bits per heavy atom. The quantitative estimate of drug-likeness (QED) is 0.466. The van der Waals surface area contributed by atoms with Gasteiger partial charge in [0.2, 0.25) is 11.8 Å². The van der Waals surface area contributed by atoms with Gasteiger partial charge in [-0.3, -0.25) is 4.79 Å². The van der Waals surface area contributed by atoms with Crippen LogP contribution in [-0.4, -0.2) is 9.97 Å². The molecule has 0 saturated heterocycles. The zero-order valence-electron chi connectivity index (χ0n) is 8.55. The molecule has 0 spiro atoms. The zero-order chi connectivity index (χ0) is 13.7. The van der Waals surface area contributed by atoms with Gasteiger partial charge in [-0.05, 0) is 57.3 Å². The summed E-state index contributed by atoms with van der Waals surface area (Å²) < 4.78 is 37.3. The molecule has 2 aromatic rings. The summed E-state index contributed by atoms with van der Waals surface area (Å²) in [6.07, 6.45) is 2.63. The van der Waals surface area contributed by atoms with Crippen LogP contribution < -0.4 is 5.56 Å². The fourth-order valence-corrected chi connectivity index (χ4v) is 1.64. The molecule has 0 aliphatic rings. The third-order valence-corrected chi connectivity index (χ3v) is 3.32. The Hall–Kier alpha value is -0.650. The van der Waals surface area contributed by atoms with Crippen LogP contribution in [0.2, 0.25) is 0 Å². The number of aromatic nitrogens is 2. The van der Waals surface area contributed by atoms with Gasteiger partial charge in [0.05, 0.1) is 7.14 Å². The maximum atomic E-state index is 12.4. The third kappa shape index (κ3) is 4.23. The first-order chi connectivity index (χ1) is 8.43. The van der Waals surface area contributed by atoms with E-state index in [0.717, 1.165) is 0 Å². The second-order valence-electron chi connectivity index (χ2n) is 2.87. The second kappa shape index (κ2) is 7.07. The number of hydrogen-bond donors (Lipinski definition) is 1. The Labute approximate surface area is 127 Å². The van der Waals surface area contributed by atoms with Gasteiger partial charge in [0.1, 0.15) is 0 Å². The van der Waals surface area contributed by atoms with Gasteiger partial charge in [0.25, 0.3) is 5.56 Å². The Morgan fingerprint density at radius 3 is 2.11 bits per heavy atom. The first-order valence-electron chi connectivity index (χ1n) is 4.41. The topological polar surface area (TPSA) is 45.8 Å². The summed E-state index contributed by atoms with van der Waals surface area (Å²) in [6, 6.07) is 2.90. The van der Waals surface area contributed by atoms with Crippen molar-refractivity contribution in [2.24, 2.45) is 0 Å². The second-order valence-corrected chi connectivity index (χ2v) is 5.19. The maximum Gasteiger partial charge on any atom is 0.285 e. The van der Waals surface area contributed by atoms with Crippen LogP contribution in [0, 0.1) is 24.7 Å². The molecule has 8 heteroatoms. The number of nitrogens with zero attached hydrogens (tertiary/aromatic N) is 1. The molecule has 2 heterocycles. The van der Waals surface area contributed by atoms with Crippen LogP contribution in [0.25, 0.3) is 0 Å². The molecule has 0 unspecified atom stereocenters. The van der Waals surface area contributed by atoms with Crippen molar-refractivity contribution in [1.82, 2.24) is 9.97 Å². The summed E-state index contributed by atoms with van der Waals surface area (Å²) in [5.74, 6) is -2.63. The summed E-state index contributed by atoms with van der Waals surface area (Å²) in [5, 5.41) is 0. The molecule has 0 atom stereocenters. The fourth-order valence-electron chi connectivity index (χ4n) is 0.832. The number of pyridine rings is 2. The van der Waals surface area contributed by atoms with Crippen molar-refractivity contribution < 1.29 is 13.2 Å². The van der Waals surface area contributed by atoms with Crippen LogP contribution in [0.4, 0.5) is 13.2 Å². The lowest BCUT2D eigenvalue weighted by Crippen LogP contribution is -2.10. The summed E-state index contributed by atoms with van der Waals surface area (Å²) in [4.78, 5) is 15.7. The molecule has 0 saturated carbocycles. The highest BCUT2D eigenvalue weighted by Gasteiger charge is 2.04. The van der Waals surface area contributed by atoms with Gasteiger partial charge in [-0.1, -0.05) is 0 Å². The molecule has 0 fully saturated rings. The molecule has 1 N–H and O–H groups in total. The highest BCUT2D eigenvalue weighted by molar-refractivity contribution is 14.1. The molecule has 0 aromatic carbocycles. The van der Waals surface area contributed by atoms with E-state index in [1.165, 1.54) is 24.5 Å². The van der Waals surface area contributed by atoms with Crippen molar-refractivity contribution in [2.45, 2.75) is 0 Å². The van der Waals surface area contributed by atoms with Crippen molar-refractivity contribution >= 4 is 45.2 Å². The smallest absolute Gasteiger partial charge is 0.285 e. The lowest BCUT2D eigenvalue weighted by atomic mass is 10.5. The standard InChI is InChI=1S/C5H2F2IN.C5H3FINO/c6-4-3(8)1-2-9-5(4)7;6-4-3(7)1-2-8-5(4)9/h1-2H;1-2H,(H,8,9). The first kappa shape index (κ1) is 15.4. The molecule has 2 aromatic heterocycles. The SMILES string of the molecule is Fc1nccc(I)c1F.O=c1[nH]ccc(I)c1F. The Bertz CT molecular complexity index is 584. The van der Waals surface area contributed by atoms with Crippen molar-refractivity contribution in [3.8, 4) is 0 Å². The summed E-state index contributed by atoms with van der Waals surface area (Å²) in [5.41, 5.74) is -0.665. The molecular formula is C10H5F3I2N2O. The fraction of sp³-hybridized carbons (Fsp3) is 0. The largest absolute Gasteiger partial charge is 0.327 e. The van der Waals surface area contributed by atoms with Crippen molar-refractivity contribution in [3.63, 3.8) is 0 Å². The number of aromatic amines is 1. The van der Waals surface area contributed by atoms with Crippen LogP contribution in [0.5, 0.6) is 0 Å². The van der Waals surface area contributed by atoms with E-state index in [9.17, 15) is 18.0 Å². The highest BCUT2D eigenvalue weighted by Crippen LogP contribution is 2.10. The number of halogens is 5. The van der Waals surface area contributed by atoms with E-state index in [2.05, 4.69) is 9.97 Å². The van der Waals surface area contributed by atoms with E-state index >= 15 is 0 Å². The van der Waals surface area contributed by atoms with E-state index in [1.54, 1.807) is 45.2 Å². The Kier molecular flexibility index (Phi) is 6.05. The average molecular weight is 480 g/mol. The van der Waals surface area contributed by atoms with Crippen molar-refractivity contribution in [1.29, 1.82) is 0 Å². The van der Waals surface area contributed by atoms with E-state index in [0.29, 0.717) is 3.57 Å². The number of nitrogens with one attached hydrogen (secondary N) is 1. The van der Waals surface area contributed by atoms with Crippen LogP contribution in [0.15, 0.2) is 29.3 Å². The Balaban J connectivity index is 0.000000180. The minimum absolute atomic E-state index is 0.250. The average Bonchev–Trinajstić information content (AvgIpc) is 2.34. The van der Waals surface area contributed by atoms with E-state index in [1.807, 2.05) is 0 Å². The Morgan fingerprint density at radius 1 is 1.06 bits per heavy atom. The summed E-state index contributed by atoms with van der Waals surface area (Å²) >= 11 is 3.45. The number of H-pyrrole nitrogens is 1. The van der Waals surface area contributed by atoms with E-state index in [4.69, 9.17) is 0 Å². The van der Waals surface area contributed by atoms with Gasteiger partial charge in [-0.2, -0.15) is 8.78 Å². The van der Waals surface area contributed by atoms with E-state index in [-0.39, 0.29) is 3.57 Å². The highest BCUT2D eigenvalue weighted by atomic mass is 127. The molecule has 3 nitrogen and oxygen atoms in total. The molecule has 0 aliphatic heterocycles. The van der Waals surface area contributed by atoms with Crippen LogP contribution >= 0.6 is 45.2 Å². The predicted molar refractivity (Wildman–Crippen MR) is 76.6 cm³/mol. The normalized spacial score (nSPS) is 9.61. The van der Waals surface area contributed by atoms with Crippen molar-refractivity contribution in [2.75, 3.05) is 0 Å². The van der Waals surface area contributed by atoms with Crippen LogP contribution in [0.1, 0.15) is 0 Å². The lowest BCUT2D eigenvalue weighted by Gasteiger charge is -1.90. The molecule has 0 radical (unpaired) electrons. The van der Waals surface area contributed by atoms with Gasteiger partial charge in [0.15, 0.2) is 5.82 Å². The van der Waals surface area contributed by atoms with Gasteiger partial charge in [0, 0.05) is 12.4 Å². The van der Waals surface area contributed by atoms with Gasteiger partial charge in [-0.15, -0.1) is 0 Å². The third-order valence-electron chi connectivity index (χ3n) is 1.65. The van der Waals surface area contributed by atoms with Gasteiger partial charge in [-0.25, -0.2) is 9.37 Å². The monoisotopic (exact) mass is 480 g/mol. The predicted octanol–water partition coefficient (Wildman–Crippen LogP) is 3.08. The van der Waals surface area contributed by atoms with Crippen molar-refractivity contribution in [3.05, 3.63) is 59.6 Å². The zero-order valence-corrected chi connectivity index (χ0v) is 12.9. The molecule has 2 rings (SSSR count). The minimum atomic E-state index is -1.04. The molecule has 18 heavy (non-hydrogen) atoms.